The maximum absolute atomic E-state index is 10.4. The molecular weight excluding hydrogens is 352 g/mol. The number of imidazole rings is 1. The normalized spacial score (nSPS) is 18.4. The van der Waals surface area contributed by atoms with Crippen LogP contribution >= 0.6 is 0 Å². The molecule has 140 valence electrons. The number of methoxy groups -OCH3 is 1. The largest absolute Gasteiger partial charge is 0.497 e. The van der Waals surface area contributed by atoms with Crippen molar-refractivity contribution in [2.45, 2.75) is 25.0 Å². The van der Waals surface area contributed by atoms with Gasteiger partial charge < -0.3 is 14.4 Å². The van der Waals surface area contributed by atoms with Crippen molar-refractivity contribution in [3.8, 4) is 17.0 Å². The van der Waals surface area contributed by atoms with Crippen LogP contribution in [0, 0.1) is 0 Å². The van der Waals surface area contributed by atoms with Crippen LogP contribution in [-0.4, -0.2) is 31.7 Å². The van der Waals surface area contributed by atoms with Crippen molar-refractivity contribution in [1.29, 1.82) is 0 Å². The van der Waals surface area contributed by atoms with E-state index in [1.165, 1.54) is 5.56 Å². The smallest absolute Gasteiger partial charge is 0.163 e. The van der Waals surface area contributed by atoms with E-state index in [1.807, 2.05) is 48.8 Å². The van der Waals surface area contributed by atoms with Gasteiger partial charge in [-0.15, -0.1) is 0 Å². The van der Waals surface area contributed by atoms with Gasteiger partial charge in [0.1, 0.15) is 23.3 Å². The van der Waals surface area contributed by atoms with Crippen LogP contribution in [0.1, 0.15) is 29.6 Å². The average molecular weight is 372 g/mol. The third kappa shape index (κ3) is 2.73. The molecule has 1 aliphatic rings. The second-order valence-corrected chi connectivity index (χ2v) is 7.10. The van der Waals surface area contributed by atoms with Gasteiger partial charge in [-0.25, -0.2) is 15.0 Å². The number of rotatable bonds is 4. The number of hydrogen-bond acceptors (Lipinski definition) is 5. The van der Waals surface area contributed by atoms with Gasteiger partial charge in [0.05, 0.1) is 19.5 Å². The molecule has 0 saturated carbocycles. The molecule has 28 heavy (non-hydrogen) atoms. The van der Waals surface area contributed by atoms with Gasteiger partial charge in [0.15, 0.2) is 5.65 Å². The molecule has 0 aliphatic heterocycles. The lowest BCUT2D eigenvalue weighted by molar-refractivity contribution is 0.171. The van der Waals surface area contributed by atoms with Crippen molar-refractivity contribution in [1.82, 2.24) is 19.5 Å². The summed E-state index contributed by atoms with van der Waals surface area (Å²) < 4.78 is 7.29. The first-order valence-corrected chi connectivity index (χ1v) is 9.31. The highest BCUT2D eigenvalue weighted by molar-refractivity contribution is 5.87. The Hall–Kier alpha value is -3.25. The van der Waals surface area contributed by atoms with Crippen LogP contribution in [0.4, 0.5) is 0 Å². The topological polar surface area (TPSA) is 73.1 Å². The van der Waals surface area contributed by atoms with Crippen molar-refractivity contribution in [2.75, 3.05) is 7.11 Å². The van der Waals surface area contributed by atoms with E-state index in [1.54, 1.807) is 13.4 Å². The van der Waals surface area contributed by atoms with E-state index in [0.717, 1.165) is 46.7 Å². The number of aliphatic hydroxyl groups excluding tert-OH is 1. The molecule has 0 amide bonds. The SMILES string of the molecule is COc1ccc(-c2ncnc3c2ncn3C[C@@H]2C[C@H](O)c3ccccc32)cc1. The minimum absolute atomic E-state index is 0.239. The second kappa shape index (κ2) is 6.73. The van der Waals surface area contributed by atoms with E-state index in [2.05, 4.69) is 25.6 Å². The standard InChI is InChI=1S/C22H20N4O2/c1-28-16-8-6-14(7-9-16)20-21-22(24-12-23-20)26(13-25-21)11-15-10-19(27)18-5-3-2-4-17(15)18/h2-9,12-13,15,19,27H,10-11H2,1H3/t15-,19-/m0/s1. The van der Waals surface area contributed by atoms with Crippen LogP contribution in [0.3, 0.4) is 0 Å². The van der Waals surface area contributed by atoms with Crippen molar-refractivity contribution in [3.63, 3.8) is 0 Å². The zero-order chi connectivity index (χ0) is 19.1. The van der Waals surface area contributed by atoms with Crippen LogP contribution in [0.25, 0.3) is 22.4 Å². The summed E-state index contributed by atoms with van der Waals surface area (Å²) in [5.74, 6) is 1.04. The lowest BCUT2D eigenvalue weighted by Crippen LogP contribution is -2.07. The van der Waals surface area contributed by atoms with Gasteiger partial charge in [-0.2, -0.15) is 0 Å². The fourth-order valence-electron chi connectivity index (χ4n) is 4.09. The number of hydrogen-bond donors (Lipinski definition) is 1. The highest BCUT2D eigenvalue weighted by Gasteiger charge is 2.29. The lowest BCUT2D eigenvalue weighted by Gasteiger charge is -2.12. The Morgan fingerprint density at radius 2 is 1.82 bits per heavy atom. The van der Waals surface area contributed by atoms with Gasteiger partial charge in [-0.3, -0.25) is 0 Å². The lowest BCUT2D eigenvalue weighted by atomic mass is 10.0. The van der Waals surface area contributed by atoms with Crippen LogP contribution < -0.4 is 4.74 Å². The van der Waals surface area contributed by atoms with E-state index in [4.69, 9.17) is 4.74 Å². The number of fused-ring (bicyclic) bond motifs is 2. The number of aliphatic hydroxyl groups is 1. The second-order valence-electron chi connectivity index (χ2n) is 7.10. The van der Waals surface area contributed by atoms with Crippen LogP contribution in [0.5, 0.6) is 5.75 Å². The Morgan fingerprint density at radius 3 is 2.61 bits per heavy atom. The summed E-state index contributed by atoms with van der Waals surface area (Å²) in [5.41, 5.74) is 5.60. The van der Waals surface area contributed by atoms with Gasteiger partial charge in [0.2, 0.25) is 0 Å². The van der Waals surface area contributed by atoms with E-state index in [0.29, 0.717) is 0 Å². The Balaban J connectivity index is 1.51. The molecule has 0 unspecified atom stereocenters. The van der Waals surface area contributed by atoms with Crippen LogP contribution in [0.15, 0.2) is 61.2 Å². The Labute approximate surface area is 162 Å². The van der Waals surface area contributed by atoms with Crippen molar-refractivity contribution < 1.29 is 9.84 Å². The summed E-state index contributed by atoms with van der Waals surface area (Å²) >= 11 is 0. The predicted molar refractivity (Wildman–Crippen MR) is 106 cm³/mol. The molecule has 0 saturated heterocycles. The molecule has 0 radical (unpaired) electrons. The number of benzene rings is 2. The monoisotopic (exact) mass is 372 g/mol. The number of aromatic nitrogens is 4. The van der Waals surface area contributed by atoms with Gasteiger partial charge in [0.25, 0.3) is 0 Å². The maximum Gasteiger partial charge on any atom is 0.163 e. The van der Waals surface area contributed by atoms with E-state index in [9.17, 15) is 5.11 Å². The van der Waals surface area contributed by atoms with E-state index < -0.39 is 6.10 Å². The minimum Gasteiger partial charge on any atom is -0.497 e. The number of nitrogens with zero attached hydrogens (tertiary/aromatic N) is 4. The summed E-state index contributed by atoms with van der Waals surface area (Å²) in [7, 11) is 1.65. The van der Waals surface area contributed by atoms with Crippen molar-refractivity contribution >= 4 is 11.2 Å². The minimum atomic E-state index is -0.402. The molecule has 0 fully saturated rings. The first kappa shape index (κ1) is 16.9. The Bertz CT molecular complexity index is 1140. The van der Waals surface area contributed by atoms with Gasteiger partial charge in [-0.05, 0) is 41.8 Å². The molecule has 2 aromatic carbocycles. The van der Waals surface area contributed by atoms with E-state index in [-0.39, 0.29) is 5.92 Å². The van der Waals surface area contributed by atoms with Crippen molar-refractivity contribution in [3.05, 3.63) is 72.3 Å². The number of ether oxygens (including phenoxy) is 1. The van der Waals surface area contributed by atoms with Gasteiger partial charge in [0, 0.05) is 18.0 Å². The molecule has 1 N–H and O–H groups in total. The molecule has 6 nitrogen and oxygen atoms in total. The summed E-state index contributed by atoms with van der Waals surface area (Å²) in [6.07, 6.45) is 3.72. The molecule has 6 heteroatoms. The quantitative estimate of drug-likeness (QED) is 0.591. The summed E-state index contributed by atoms with van der Waals surface area (Å²) in [6.45, 7) is 0.726. The first-order valence-electron chi connectivity index (χ1n) is 9.31. The Kier molecular flexibility index (Phi) is 4.06. The van der Waals surface area contributed by atoms with Crippen molar-refractivity contribution in [2.24, 2.45) is 0 Å². The van der Waals surface area contributed by atoms with Crippen LogP contribution in [0.2, 0.25) is 0 Å². The fourth-order valence-corrected chi connectivity index (χ4v) is 4.09. The zero-order valence-corrected chi connectivity index (χ0v) is 15.5. The molecule has 0 spiro atoms. The molecule has 5 rings (SSSR count). The molecule has 1 aliphatic carbocycles. The molecular formula is C22H20N4O2. The molecule has 4 aromatic rings. The Morgan fingerprint density at radius 1 is 1.04 bits per heavy atom. The van der Waals surface area contributed by atoms with E-state index >= 15 is 0 Å². The first-order chi connectivity index (χ1) is 13.7. The fraction of sp³-hybridized carbons (Fsp3) is 0.227. The van der Waals surface area contributed by atoms with Gasteiger partial charge in [-0.1, -0.05) is 24.3 Å². The highest BCUT2D eigenvalue weighted by Crippen LogP contribution is 2.41. The molecule has 2 heterocycles. The molecule has 2 aromatic heterocycles. The predicted octanol–water partition coefficient (Wildman–Crippen LogP) is 3.72. The molecule has 2 atom stereocenters. The summed E-state index contributed by atoms with van der Waals surface area (Å²) in [6, 6.07) is 15.9. The zero-order valence-electron chi connectivity index (χ0n) is 15.5. The van der Waals surface area contributed by atoms with Gasteiger partial charge >= 0.3 is 0 Å². The third-order valence-electron chi connectivity index (χ3n) is 5.48. The third-order valence-corrected chi connectivity index (χ3v) is 5.48. The summed E-state index contributed by atoms with van der Waals surface area (Å²) in [4.78, 5) is 13.5. The highest BCUT2D eigenvalue weighted by atomic mass is 16.5. The summed E-state index contributed by atoms with van der Waals surface area (Å²) in [5, 5.41) is 10.4. The maximum atomic E-state index is 10.4. The molecule has 0 bridgehead atoms. The average Bonchev–Trinajstić information content (AvgIpc) is 3.30. The van der Waals surface area contributed by atoms with Crippen LogP contribution in [-0.2, 0) is 6.54 Å².